The number of carbonyl (C=O) groups excluding carboxylic acids is 1. The zero-order valence-corrected chi connectivity index (χ0v) is 15.4. The van der Waals surface area contributed by atoms with Crippen LogP contribution in [0.5, 0.6) is 5.75 Å². The zero-order valence-electron chi connectivity index (χ0n) is 15.4. The summed E-state index contributed by atoms with van der Waals surface area (Å²) in [6.45, 7) is 0.883. The highest BCUT2D eigenvalue weighted by Crippen LogP contribution is 2.24. The summed E-state index contributed by atoms with van der Waals surface area (Å²) < 4.78 is 45.4. The molecule has 0 atom stereocenters. The lowest BCUT2D eigenvalue weighted by Gasteiger charge is -2.31. The third kappa shape index (κ3) is 4.26. The fraction of sp³-hybridized carbons (Fsp3) is 0.238. The van der Waals surface area contributed by atoms with Crippen LogP contribution in [0.3, 0.4) is 0 Å². The highest BCUT2D eigenvalue weighted by Gasteiger charge is 2.26. The molecule has 2 heterocycles. The topological polar surface area (TPSA) is 58.2 Å². The van der Waals surface area contributed by atoms with Gasteiger partial charge < -0.3 is 9.64 Å². The smallest absolute Gasteiger partial charge is 0.271 e. The Labute approximate surface area is 165 Å². The molecule has 2 aromatic carbocycles. The number of nitrogens with zero attached hydrogens (tertiary/aromatic N) is 2. The maximum atomic E-state index is 13.7. The van der Waals surface area contributed by atoms with Crippen molar-refractivity contribution in [2.75, 3.05) is 13.1 Å². The number of ether oxygens (including phenoxy) is 1. The maximum absolute atomic E-state index is 13.7. The summed E-state index contributed by atoms with van der Waals surface area (Å²) in [5.41, 5.74) is 1.60. The Bertz CT molecular complexity index is 1010. The summed E-state index contributed by atoms with van der Waals surface area (Å²) in [5, 5.41) is 6.86. The van der Waals surface area contributed by atoms with Crippen molar-refractivity contribution in [3.63, 3.8) is 0 Å². The second-order valence-electron chi connectivity index (χ2n) is 6.86. The predicted molar refractivity (Wildman–Crippen MR) is 99.9 cm³/mol. The standard InChI is InChI=1S/C21H18F3N3O2/c22-14-3-1-13(2-4-14)18-12-19(26-25-18)21(28)27-9-7-16(8-10-27)29-20-6-5-15(23)11-17(20)24/h1-6,11-12,16H,7-10H2,(H,25,26). The van der Waals surface area contributed by atoms with E-state index in [9.17, 15) is 18.0 Å². The van der Waals surface area contributed by atoms with Crippen LogP contribution in [-0.2, 0) is 0 Å². The van der Waals surface area contributed by atoms with Crippen molar-refractivity contribution < 1.29 is 22.7 Å². The molecule has 8 heteroatoms. The number of amides is 1. The molecular weight excluding hydrogens is 383 g/mol. The van der Waals surface area contributed by atoms with Crippen molar-refractivity contribution in [3.8, 4) is 17.0 Å². The van der Waals surface area contributed by atoms with Crippen molar-refractivity contribution in [1.29, 1.82) is 0 Å². The largest absolute Gasteiger partial charge is 0.487 e. The summed E-state index contributed by atoms with van der Waals surface area (Å²) >= 11 is 0. The van der Waals surface area contributed by atoms with Gasteiger partial charge in [-0.3, -0.25) is 9.89 Å². The number of hydrogen-bond acceptors (Lipinski definition) is 3. The van der Waals surface area contributed by atoms with Crippen LogP contribution in [0.15, 0.2) is 48.5 Å². The first-order valence-corrected chi connectivity index (χ1v) is 9.22. The monoisotopic (exact) mass is 401 g/mol. The first kappa shape index (κ1) is 19.0. The van der Waals surface area contributed by atoms with Crippen LogP contribution >= 0.6 is 0 Å². The molecule has 1 N–H and O–H groups in total. The Kier molecular flexibility index (Phi) is 5.24. The molecule has 5 nitrogen and oxygen atoms in total. The third-order valence-corrected chi connectivity index (χ3v) is 4.87. The van der Waals surface area contributed by atoms with Gasteiger partial charge in [0.05, 0.1) is 5.69 Å². The molecular formula is C21H18F3N3O2. The lowest BCUT2D eigenvalue weighted by molar-refractivity contribution is 0.0583. The van der Waals surface area contributed by atoms with E-state index in [-0.39, 0.29) is 23.6 Å². The van der Waals surface area contributed by atoms with Gasteiger partial charge in [-0.1, -0.05) is 0 Å². The van der Waals surface area contributed by atoms with Crippen molar-refractivity contribution in [1.82, 2.24) is 15.1 Å². The highest BCUT2D eigenvalue weighted by atomic mass is 19.1. The van der Waals surface area contributed by atoms with E-state index < -0.39 is 11.6 Å². The molecule has 1 aromatic heterocycles. The number of nitrogens with one attached hydrogen (secondary N) is 1. The number of benzene rings is 2. The molecule has 4 rings (SSSR count). The number of H-pyrrole nitrogens is 1. The van der Waals surface area contributed by atoms with Crippen LogP contribution in [-0.4, -0.2) is 40.2 Å². The van der Waals surface area contributed by atoms with Gasteiger partial charge in [-0.25, -0.2) is 13.2 Å². The van der Waals surface area contributed by atoms with Crippen LogP contribution in [0.1, 0.15) is 23.3 Å². The average Bonchev–Trinajstić information content (AvgIpc) is 3.21. The zero-order chi connectivity index (χ0) is 20.4. The summed E-state index contributed by atoms with van der Waals surface area (Å²) in [7, 11) is 0. The number of aromatic nitrogens is 2. The lowest BCUT2D eigenvalue weighted by Crippen LogP contribution is -2.42. The number of piperidine rings is 1. The van der Waals surface area contributed by atoms with Gasteiger partial charge in [0.2, 0.25) is 0 Å². The Morgan fingerprint density at radius 2 is 1.69 bits per heavy atom. The normalized spacial score (nSPS) is 14.8. The van der Waals surface area contributed by atoms with E-state index >= 15 is 0 Å². The van der Waals surface area contributed by atoms with Crippen molar-refractivity contribution in [2.45, 2.75) is 18.9 Å². The Balaban J connectivity index is 1.36. The minimum atomic E-state index is -0.741. The molecule has 0 unspecified atom stereocenters. The second-order valence-corrected chi connectivity index (χ2v) is 6.86. The lowest BCUT2D eigenvalue weighted by atomic mass is 10.1. The molecule has 29 heavy (non-hydrogen) atoms. The molecule has 150 valence electrons. The van der Waals surface area contributed by atoms with Gasteiger partial charge in [0, 0.05) is 37.6 Å². The molecule has 0 radical (unpaired) electrons. The quantitative estimate of drug-likeness (QED) is 0.714. The van der Waals surface area contributed by atoms with Crippen LogP contribution in [0.25, 0.3) is 11.3 Å². The van der Waals surface area contributed by atoms with E-state index in [2.05, 4.69) is 10.2 Å². The van der Waals surface area contributed by atoms with Gasteiger partial charge >= 0.3 is 0 Å². The summed E-state index contributed by atoms with van der Waals surface area (Å²) in [6.07, 6.45) is 0.804. The fourth-order valence-electron chi connectivity index (χ4n) is 3.30. The van der Waals surface area contributed by atoms with Crippen molar-refractivity contribution in [2.24, 2.45) is 0 Å². The molecule has 1 saturated heterocycles. The number of halogens is 3. The van der Waals surface area contributed by atoms with Crippen LogP contribution in [0.4, 0.5) is 13.2 Å². The van der Waals surface area contributed by atoms with E-state index in [0.29, 0.717) is 42.9 Å². The first-order chi connectivity index (χ1) is 14.0. The van der Waals surface area contributed by atoms with Crippen molar-refractivity contribution >= 4 is 5.91 Å². The van der Waals surface area contributed by atoms with E-state index in [0.717, 1.165) is 12.1 Å². The van der Waals surface area contributed by atoms with E-state index in [4.69, 9.17) is 4.74 Å². The molecule has 3 aromatic rings. The molecule has 1 aliphatic heterocycles. The molecule has 0 bridgehead atoms. The molecule has 0 aliphatic carbocycles. The molecule has 0 spiro atoms. The van der Waals surface area contributed by atoms with Gasteiger partial charge in [-0.15, -0.1) is 0 Å². The molecule has 0 saturated carbocycles. The Hall–Kier alpha value is -3.29. The highest BCUT2D eigenvalue weighted by molar-refractivity contribution is 5.93. The number of likely N-dealkylation sites (tertiary alicyclic amines) is 1. The maximum Gasteiger partial charge on any atom is 0.271 e. The van der Waals surface area contributed by atoms with Crippen molar-refractivity contribution in [3.05, 3.63) is 71.7 Å². The number of rotatable bonds is 4. The fourth-order valence-corrected chi connectivity index (χ4v) is 3.30. The summed E-state index contributed by atoms with van der Waals surface area (Å²) in [4.78, 5) is 14.4. The summed E-state index contributed by atoms with van der Waals surface area (Å²) in [5.74, 6) is -1.93. The van der Waals surface area contributed by atoms with Gasteiger partial charge in [-0.05, 0) is 42.5 Å². The van der Waals surface area contributed by atoms with E-state index in [1.54, 1.807) is 23.1 Å². The van der Waals surface area contributed by atoms with Crippen LogP contribution in [0, 0.1) is 17.5 Å². The average molecular weight is 401 g/mol. The minimum Gasteiger partial charge on any atom is -0.487 e. The van der Waals surface area contributed by atoms with Gasteiger partial charge in [0.1, 0.15) is 23.4 Å². The number of carbonyl (C=O) groups is 1. The third-order valence-electron chi connectivity index (χ3n) is 4.87. The molecule has 1 fully saturated rings. The number of aromatic amines is 1. The van der Waals surface area contributed by atoms with Gasteiger partial charge in [0.15, 0.2) is 11.6 Å². The molecule has 1 amide bonds. The van der Waals surface area contributed by atoms with E-state index in [1.165, 1.54) is 18.2 Å². The Morgan fingerprint density at radius 1 is 1.00 bits per heavy atom. The minimum absolute atomic E-state index is 0.00804. The van der Waals surface area contributed by atoms with E-state index in [1.807, 2.05) is 0 Å². The predicted octanol–water partition coefficient (Wildman–Crippen LogP) is 4.18. The second kappa shape index (κ2) is 7.98. The SMILES string of the molecule is O=C(c1cc(-c2ccc(F)cc2)n[nH]1)N1CCC(Oc2ccc(F)cc2F)CC1. The summed E-state index contributed by atoms with van der Waals surface area (Å²) in [6, 6.07) is 10.7. The van der Waals surface area contributed by atoms with Gasteiger partial charge in [-0.2, -0.15) is 5.10 Å². The first-order valence-electron chi connectivity index (χ1n) is 9.22. The molecule has 1 aliphatic rings. The van der Waals surface area contributed by atoms with Gasteiger partial charge in [0.25, 0.3) is 5.91 Å². The Morgan fingerprint density at radius 3 is 2.38 bits per heavy atom. The van der Waals surface area contributed by atoms with Crippen LogP contribution in [0.2, 0.25) is 0 Å². The van der Waals surface area contributed by atoms with Crippen LogP contribution < -0.4 is 4.74 Å². The number of hydrogen-bond donors (Lipinski definition) is 1.